The molecular formula is C18H20N4O3S. The highest BCUT2D eigenvalue weighted by Gasteiger charge is 2.22. The average molecular weight is 372 g/mol. The quantitative estimate of drug-likeness (QED) is 0.656. The number of nitrogens with zero attached hydrogens (tertiary/aromatic N) is 3. The van der Waals surface area contributed by atoms with E-state index in [0.717, 1.165) is 5.56 Å². The van der Waals surface area contributed by atoms with Crippen LogP contribution in [0.15, 0.2) is 71.9 Å². The minimum Gasteiger partial charge on any atom is -0.494 e. The van der Waals surface area contributed by atoms with Crippen LogP contribution in [0.2, 0.25) is 0 Å². The zero-order valence-corrected chi connectivity index (χ0v) is 15.1. The Kier molecular flexibility index (Phi) is 5.65. The summed E-state index contributed by atoms with van der Waals surface area (Å²) in [5, 5.41) is 8.14. The van der Waals surface area contributed by atoms with Crippen LogP contribution in [0.5, 0.6) is 5.75 Å². The van der Waals surface area contributed by atoms with Gasteiger partial charge in [0, 0.05) is 0 Å². The normalized spacial score (nSPS) is 12.7. The fourth-order valence-corrected chi connectivity index (χ4v) is 3.75. The van der Waals surface area contributed by atoms with Crippen LogP contribution in [0.1, 0.15) is 18.5 Å². The van der Waals surface area contributed by atoms with E-state index in [4.69, 9.17) is 4.74 Å². The van der Waals surface area contributed by atoms with Gasteiger partial charge in [-0.15, -0.1) is 0 Å². The zero-order chi connectivity index (χ0) is 18.4. The number of sulfonamides is 1. The van der Waals surface area contributed by atoms with E-state index in [9.17, 15) is 8.42 Å². The van der Waals surface area contributed by atoms with Crippen molar-refractivity contribution in [2.75, 3.05) is 6.61 Å². The van der Waals surface area contributed by atoms with Crippen molar-refractivity contribution >= 4 is 10.0 Å². The lowest BCUT2D eigenvalue weighted by molar-refractivity contribution is 0.340. The number of nitrogens with one attached hydrogen (secondary N) is 1. The molecule has 3 rings (SSSR count). The van der Waals surface area contributed by atoms with Crippen LogP contribution in [0, 0.1) is 0 Å². The predicted octanol–water partition coefficient (Wildman–Crippen LogP) is 2.40. The van der Waals surface area contributed by atoms with Crippen LogP contribution in [0.4, 0.5) is 0 Å². The largest absolute Gasteiger partial charge is 0.494 e. The lowest BCUT2D eigenvalue weighted by Crippen LogP contribution is -2.32. The van der Waals surface area contributed by atoms with Crippen LogP contribution in [-0.2, 0) is 16.6 Å². The van der Waals surface area contributed by atoms with Gasteiger partial charge in [-0.2, -0.15) is 15.0 Å². The molecule has 8 heteroatoms. The second-order valence-corrected chi connectivity index (χ2v) is 7.29. The smallest absolute Gasteiger partial charge is 0.241 e. The Morgan fingerprint density at radius 3 is 2.31 bits per heavy atom. The second-order valence-electron chi connectivity index (χ2n) is 5.57. The summed E-state index contributed by atoms with van der Waals surface area (Å²) in [5.41, 5.74) is 0.833. The maximum atomic E-state index is 12.8. The van der Waals surface area contributed by atoms with E-state index in [-0.39, 0.29) is 11.4 Å². The van der Waals surface area contributed by atoms with E-state index in [2.05, 4.69) is 14.9 Å². The summed E-state index contributed by atoms with van der Waals surface area (Å²) in [6.07, 6.45) is 3.12. The molecule has 136 valence electrons. The van der Waals surface area contributed by atoms with Gasteiger partial charge in [-0.3, -0.25) is 0 Å². The third-order valence-corrected chi connectivity index (χ3v) is 5.24. The summed E-state index contributed by atoms with van der Waals surface area (Å²) in [6, 6.07) is 15.2. The zero-order valence-electron chi connectivity index (χ0n) is 14.3. The van der Waals surface area contributed by atoms with E-state index in [0.29, 0.717) is 12.4 Å². The van der Waals surface area contributed by atoms with Gasteiger partial charge in [-0.1, -0.05) is 30.3 Å². The molecule has 1 aromatic heterocycles. The van der Waals surface area contributed by atoms with Crippen molar-refractivity contribution in [3.8, 4) is 5.75 Å². The summed E-state index contributed by atoms with van der Waals surface area (Å²) >= 11 is 0. The maximum absolute atomic E-state index is 12.8. The second kappa shape index (κ2) is 8.11. The van der Waals surface area contributed by atoms with Crippen LogP contribution in [-0.4, -0.2) is 30.0 Å². The van der Waals surface area contributed by atoms with Gasteiger partial charge in [-0.05, 0) is 36.8 Å². The standard InChI is InChI=1S/C18H20N4O3S/c1-2-25-16-8-10-17(11-9-16)26(23,24)21-18(14-22-19-12-13-20-22)15-6-4-3-5-7-15/h3-13,18,21H,2,14H2,1H3. The summed E-state index contributed by atoms with van der Waals surface area (Å²) in [7, 11) is -3.72. The van der Waals surface area contributed by atoms with Crippen LogP contribution in [0.25, 0.3) is 0 Å². The first-order valence-electron chi connectivity index (χ1n) is 8.23. The lowest BCUT2D eigenvalue weighted by atomic mass is 10.1. The number of aromatic nitrogens is 3. The minimum atomic E-state index is -3.72. The molecule has 0 saturated heterocycles. The van der Waals surface area contributed by atoms with Crippen LogP contribution in [0.3, 0.4) is 0 Å². The highest BCUT2D eigenvalue weighted by atomic mass is 32.2. The Morgan fingerprint density at radius 1 is 1.04 bits per heavy atom. The van der Waals surface area contributed by atoms with Crippen molar-refractivity contribution in [2.45, 2.75) is 24.4 Å². The molecule has 2 aromatic carbocycles. The number of hydrogen-bond donors (Lipinski definition) is 1. The van der Waals surface area contributed by atoms with Gasteiger partial charge in [0.2, 0.25) is 10.0 Å². The molecule has 7 nitrogen and oxygen atoms in total. The molecule has 1 unspecified atom stereocenters. The van der Waals surface area contributed by atoms with Crippen molar-refractivity contribution < 1.29 is 13.2 Å². The molecule has 0 bridgehead atoms. The minimum absolute atomic E-state index is 0.176. The third-order valence-electron chi connectivity index (χ3n) is 3.76. The first-order chi connectivity index (χ1) is 12.6. The molecule has 3 aromatic rings. The van der Waals surface area contributed by atoms with Crippen LogP contribution >= 0.6 is 0 Å². The molecule has 1 atom stereocenters. The number of hydrogen-bond acceptors (Lipinski definition) is 5. The summed E-state index contributed by atoms with van der Waals surface area (Å²) in [4.78, 5) is 1.63. The van der Waals surface area contributed by atoms with Gasteiger partial charge in [-0.25, -0.2) is 13.1 Å². The van der Waals surface area contributed by atoms with Gasteiger partial charge >= 0.3 is 0 Å². The Hall–Kier alpha value is -2.71. The van der Waals surface area contributed by atoms with Crippen molar-refractivity contribution in [3.63, 3.8) is 0 Å². The van der Waals surface area contributed by atoms with Gasteiger partial charge in [0.05, 0.1) is 36.5 Å². The van der Waals surface area contributed by atoms with Crippen molar-refractivity contribution in [1.29, 1.82) is 0 Å². The molecule has 0 amide bonds. The Bertz CT molecular complexity index is 911. The fraction of sp³-hybridized carbons (Fsp3) is 0.222. The fourth-order valence-electron chi connectivity index (χ4n) is 2.53. The van der Waals surface area contributed by atoms with E-state index >= 15 is 0 Å². The third kappa shape index (κ3) is 4.47. The van der Waals surface area contributed by atoms with Gasteiger partial charge < -0.3 is 4.74 Å². The lowest BCUT2D eigenvalue weighted by Gasteiger charge is -2.19. The average Bonchev–Trinajstić information content (AvgIpc) is 3.16. The Balaban J connectivity index is 1.84. The maximum Gasteiger partial charge on any atom is 0.241 e. The molecule has 0 saturated carbocycles. The first kappa shape index (κ1) is 18.1. The molecule has 0 aliphatic heterocycles. The number of ether oxygens (including phenoxy) is 1. The number of rotatable bonds is 8. The number of benzene rings is 2. The van der Waals surface area contributed by atoms with Crippen molar-refractivity contribution in [2.24, 2.45) is 0 Å². The summed E-state index contributed by atoms with van der Waals surface area (Å²) in [6.45, 7) is 2.69. The molecule has 26 heavy (non-hydrogen) atoms. The molecule has 0 aliphatic rings. The first-order valence-corrected chi connectivity index (χ1v) is 9.71. The van der Waals surface area contributed by atoms with E-state index < -0.39 is 16.1 Å². The molecule has 0 spiro atoms. The Morgan fingerprint density at radius 2 is 1.69 bits per heavy atom. The Labute approximate surface area is 152 Å². The monoisotopic (exact) mass is 372 g/mol. The van der Waals surface area contributed by atoms with Gasteiger partial charge in [0.1, 0.15) is 5.75 Å². The molecule has 1 heterocycles. The van der Waals surface area contributed by atoms with Crippen molar-refractivity contribution in [3.05, 3.63) is 72.6 Å². The van der Waals surface area contributed by atoms with E-state index in [1.54, 1.807) is 24.5 Å². The molecule has 0 aliphatic carbocycles. The highest BCUT2D eigenvalue weighted by Crippen LogP contribution is 2.20. The van der Waals surface area contributed by atoms with Crippen LogP contribution < -0.4 is 9.46 Å². The van der Waals surface area contributed by atoms with E-state index in [1.165, 1.54) is 16.9 Å². The molecule has 0 radical (unpaired) electrons. The predicted molar refractivity (Wildman–Crippen MR) is 97.1 cm³/mol. The summed E-state index contributed by atoms with van der Waals surface area (Å²) < 4.78 is 33.7. The van der Waals surface area contributed by atoms with Crippen molar-refractivity contribution in [1.82, 2.24) is 19.7 Å². The SMILES string of the molecule is CCOc1ccc(S(=O)(=O)NC(Cn2nccn2)c2ccccc2)cc1. The summed E-state index contributed by atoms with van der Waals surface area (Å²) in [5.74, 6) is 0.631. The molecular weight excluding hydrogens is 352 g/mol. The van der Waals surface area contributed by atoms with Gasteiger partial charge in [0.15, 0.2) is 0 Å². The molecule has 1 N–H and O–H groups in total. The van der Waals surface area contributed by atoms with Gasteiger partial charge in [0.25, 0.3) is 0 Å². The van der Waals surface area contributed by atoms with E-state index in [1.807, 2.05) is 37.3 Å². The topological polar surface area (TPSA) is 86.1 Å². The molecule has 0 fully saturated rings. The highest BCUT2D eigenvalue weighted by molar-refractivity contribution is 7.89.